The molecule has 10 heteroatoms. The average molecular weight is 678 g/mol. The zero-order valence-corrected chi connectivity index (χ0v) is 28.8. The van der Waals surface area contributed by atoms with E-state index in [-0.39, 0.29) is 37.2 Å². The van der Waals surface area contributed by atoms with Crippen LogP contribution in [-0.4, -0.2) is 58.8 Å². The van der Waals surface area contributed by atoms with Crippen molar-refractivity contribution in [2.75, 3.05) is 0 Å². The first-order chi connectivity index (χ1) is 25.3. The highest BCUT2D eigenvalue weighted by Crippen LogP contribution is 2.20. The molecule has 3 rings (SSSR count). The van der Waals surface area contributed by atoms with Crippen LogP contribution in [0.25, 0.3) is 0 Å². The Balaban J connectivity index is 1.90. The minimum absolute atomic E-state index is 0.108. The number of ether oxygens (including phenoxy) is 1. The molecule has 0 bridgehead atoms. The maximum Gasteiger partial charge on any atom is 0.407 e. The van der Waals surface area contributed by atoms with Crippen molar-refractivity contribution >= 4 is 23.8 Å². The van der Waals surface area contributed by atoms with E-state index in [2.05, 4.69) is 16.0 Å². The molecule has 0 saturated carbocycles. The summed E-state index contributed by atoms with van der Waals surface area (Å²) in [5, 5.41) is 19.8. The number of rotatable bonds is 17. The summed E-state index contributed by atoms with van der Waals surface area (Å²) in [5.74, 6) is -3.32. The van der Waals surface area contributed by atoms with Gasteiger partial charge < -0.3 is 31.5 Å². The standard InChI is InChI=1S/C39H52N4O6/c1-26(2)21-33(37(47)41-32(35(40)45)24-29-19-13-8-14-20-29)42-36(46)30(22-27-15-9-6-10-16-27)25-34(44)31(23-28-17-11-7-12-18-28)43-38(48)49-39(3,4)5/h6-20,26,30-34,44H,21-25H2,1-5H3,(H2,40,45)(H,41,47)(H,42,46)(H,43,48)/t30-,31+,32+,33+,34-/m1/s1/i8D,13D,14D,19D,20D. The van der Waals surface area contributed by atoms with Gasteiger partial charge in [0.05, 0.1) is 19.0 Å². The smallest absolute Gasteiger partial charge is 0.407 e. The summed E-state index contributed by atoms with van der Waals surface area (Å²) >= 11 is 0. The summed E-state index contributed by atoms with van der Waals surface area (Å²) < 4.78 is 45.7. The van der Waals surface area contributed by atoms with Crippen molar-refractivity contribution in [2.24, 2.45) is 17.6 Å². The molecule has 264 valence electrons. The number of aliphatic hydroxyl groups is 1. The van der Waals surface area contributed by atoms with Gasteiger partial charge in [0, 0.05) is 12.3 Å². The Morgan fingerprint density at radius 1 is 0.755 bits per heavy atom. The van der Waals surface area contributed by atoms with Crippen molar-refractivity contribution in [1.82, 2.24) is 16.0 Å². The number of hydrogen-bond donors (Lipinski definition) is 5. The topological polar surface area (TPSA) is 160 Å². The lowest BCUT2D eigenvalue weighted by Crippen LogP contribution is -2.55. The monoisotopic (exact) mass is 677 g/mol. The largest absolute Gasteiger partial charge is 0.444 e. The molecule has 10 nitrogen and oxygen atoms in total. The van der Waals surface area contributed by atoms with Crippen LogP contribution in [0.15, 0.2) is 90.9 Å². The lowest BCUT2D eigenvalue weighted by atomic mass is 9.88. The Hall–Kier alpha value is -4.70. The van der Waals surface area contributed by atoms with E-state index in [4.69, 9.17) is 17.3 Å². The maximum absolute atomic E-state index is 14.2. The second-order valence-corrected chi connectivity index (χ2v) is 13.6. The first kappa shape index (κ1) is 31.6. The van der Waals surface area contributed by atoms with Gasteiger partial charge in [0.25, 0.3) is 0 Å². The van der Waals surface area contributed by atoms with Gasteiger partial charge in [-0.05, 0) is 69.1 Å². The van der Waals surface area contributed by atoms with Crippen LogP contribution in [0.5, 0.6) is 0 Å². The quantitative estimate of drug-likeness (QED) is 0.142. The maximum atomic E-state index is 14.2. The number of amides is 4. The van der Waals surface area contributed by atoms with E-state index >= 15 is 0 Å². The Morgan fingerprint density at radius 3 is 1.84 bits per heavy atom. The average Bonchev–Trinajstić information content (AvgIpc) is 3.10. The van der Waals surface area contributed by atoms with Crippen molar-refractivity contribution in [1.29, 1.82) is 0 Å². The summed E-state index contributed by atoms with van der Waals surface area (Å²) in [4.78, 5) is 53.4. The Bertz CT molecular complexity index is 1730. The van der Waals surface area contributed by atoms with E-state index in [1.165, 1.54) is 0 Å². The van der Waals surface area contributed by atoms with E-state index in [1.807, 2.05) is 74.5 Å². The minimum atomic E-state index is -1.47. The van der Waals surface area contributed by atoms with Crippen LogP contribution in [0.1, 0.15) is 71.0 Å². The molecule has 0 spiro atoms. The van der Waals surface area contributed by atoms with Crippen LogP contribution >= 0.6 is 0 Å². The number of hydrogen-bond acceptors (Lipinski definition) is 6. The van der Waals surface area contributed by atoms with Gasteiger partial charge in [-0.15, -0.1) is 0 Å². The zero-order chi connectivity index (χ0) is 40.3. The summed E-state index contributed by atoms with van der Waals surface area (Å²) in [7, 11) is 0. The highest BCUT2D eigenvalue weighted by Gasteiger charge is 2.33. The summed E-state index contributed by atoms with van der Waals surface area (Å²) in [6.07, 6.45) is -1.97. The molecule has 49 heavy (non-hydrogen) atoms. The van der Waals surface area contributed by atoms with E-state index in [9.17, 15) is 24.3 Å². The molecule has 0 heterocycles. The first-order valence-electron chi connectivity index (χ1n) is 19.0. The molecule has 0 aliphatic rings. The van der Waals surface area contributed by atoms with Gasteiger partial charge in [0.2, 0.25) is 17.7 Å². The van der Waals surface area contributed by atoms with Crippen LogP contribution in [0.2, 0.25) is 0 Å². The van der Waals surface area contributed by atoms with Crippen molar-refractivity contribution in [2.45, 2.75) is 96.6 Å². The molecule has 0 radical (unpaired) electrons. The summed E-state index contributed by atoms with van der Waals surface area (Å²) in [6.45, 7) is 8.85. The van der Waals surface area contributed by atoms with E-state index < -0.39 is 96.2 Å². The lowest BCUT2D eigenvalue weighted by Gasteiger charge is -2.30. The Kier molecular flexibility index (Phi) is 12.1. The number of alkyl carbamates (subject to hydrolysis) is 1. The fourth-order valence-electron chi connectivity index (χ4n) is 5.32. The third-order valence-corrected chi connectivity index (χ3v) is 7.65. The third kappa shape index (κ3) is 14.1. The summed E-state index contributed by atoms with van der Waals surface area (Å²) in [5.41, 5.74) is 6.26. The molecule has 0 unspecified atom stereocenters. The molecular formula is C39H52N4O6. The molecule has 0 aromatic heterocycles. The van der Waals surface area contributed by atoms with Crippen molar-refractivity contribution < 1.29 is 35.9 Å². The number of primary amides is 1. The van der Waals surface area contributed by atoms with E-state index in [1.54, 1.807) is 20.8 Å². The second kappa shape index (κ2) is 18.7. The molecular weight excluding hydrogens is 620 g/mol. The number of nitrogens with one attached hydrogen (secondary N) is 3. The van der Waals surface area contributed by atoms with Crippen molar-refractivity contribution in [3.05, 3.63) is 108 Å². The van der Waals surface area contributed by atoms with Crippen LogP contribution < -0.4 is 21.7 Å². The van der Waals surface area contributed by atoms with E-state index in [0.717, 1.165) is 11.1 Å². The van der Waals surface area contributed by atoms with E-state index in [0.29, 0.717) is 0 Å². The predicted molar refractivity (Wildman–Crippen MR) is 190 cm³/mol. The zero-order valence-electron chi connectivity index (χ0n) is 33.8. The van der Waals surface area contributed by atoms with Gasteiger partial charge in [-0.2, -0.15) is 0 Å². The number of aliphatic hydroxyl groups excluding tert-OH is 1. The summed E-state index contributed by atoms with van der Waals surface area (Å²) in [6, 6.07) is 12.1. The number of carbonyl (C=O) groups is 4. The molecule has 0 fully saturated rings. The predicted octanol–water partition coefficient (Wildman–Crippen LogP) is 4.48. The molecule has 5 atom stereocenters. The molecule has 6 N–H and O–H groups in total. The number of nitrogens with two attached hydrogens (primary N) is 1. The van der Waals surface area contributed by atoms with Crippen LogP contribution in [0, 0.1) is 11.8 Å². The molecule has 3 aromatic rings. The van der Waals surface area contributed by atoms with Crippen LogP contribution in [-0.2, 0) is 38.4 Å². The second-order valence-electron chi connectivity index (χ2n) is 13.6. The normalized spacial score (nSPS) is 15.9. The van der Waals surface area contributed by atoms with Gasteiger partial charge in [-0.3, -0.25) is 14.4 Å². The first-order valence-corrected chi connectivity index (χ1v) is 16.5. The van der Waals surface area contributed by atoms with Gasteiger partial charge in [-0.25, -0.2) is 4.79 Å². The van der Waals surface area contributed by atoms with Gasteiger partial charge in [0.1, 0.15) is 17.7 Å². The van der Waals surface area contributed by atoms with Crippen molar-refractivity contribution in [3.63, 3.8) is 0 Å². The SMILES string of the molecule is [2H]c1c([2H])c([2H])c(C[C@H](NC(=O)[C@H](CC(C)C)NC(=O)[C@H](Cc2ccccc2)C[C@@H](O)[C@H](Cc2ccccc2)NC(=O)OC(C)(C)C)C(N)=O)c([2H])c1[2H]. The Labute approximate surface area is 297 Å². The molecule has 0 aliphatic heterocycles. The third-order valence-electron chi connectivity index (χ3n) is 7.65. The fraction of sp³-hybridized carbons (Fsp3) is 0.436. The van der Waals surface area contributed by atoms with Gasteiger partial charge >= 0.3 is 6.09 Å². The Morgan fingerprint density at radius 2 is 1.31 bits per heavy atom. The van der Waals surface area contributed by atoms with Gasteiger partial charge in [-0.1, -0.05) is 105 Å². The van der Waals surface area contributed by atoms with Crippen LogP contribution in [0.4, 0.5) is 4.79 Å². The number of benzene rings is 3. The molecule has 4 amide bonds. The molecule has 3 aromatic carbocycles. The highest BCUT2D eigenvalue weighted by atomic mass is 16.6. The van der Waals surface area contributed by atoms with Crippen molar-refractivity contribution in [3.8, 4) is 0 Å². The molecule has 0 saturated heterocycles. The van der Waals surface area contributed by atoms with Crippen LogP contribution in [0.3, 0.4) is 0 Å². The van der Waals surface area contributed by atoms with Gasteiger partial charge in [0.15, 0.2) is 0 Å². The lowest BCUT2D eigenvalue weighted by molar-refractivity contribution is -0.133. The molecule has 0 aliphatic carbocycles. The highest BCUT2D eigenvalue weighted by molar-refractivity contribution is 5.92. The number of carbonyl (C=O) groups excluding carboxylic acids is 4. The fourth-order valence-corrected chi connectivity index (χ4v) is 5.32. The minimum Gasteiger partial charge on any atom is -0.444 e.